The van der Waals surface area contributed by atoms with Crippen molar-refractivity contribution >= 4 is 28.3 Å². The molecular weight excluding hydrogens is 282 g/mol. The summed E-state index contributed by atoms with van der Waals surface area (Å²) in [6.45, 7) is 4.76. The van der Waals surface area contributed by atoms with Crippen LogP contribution in [0.4, 0.5) is 5.95 Å². The van der Waals surface area contributed by atoms with Crippen LogP contribution in [-0.4, -0.2) is 16.2 Å². The predicted molar refractivity (Wildman–Crippen MR) is 88.0 cm³/mol. The second-order valence-corrected chi connectivity index (χ2v) is 6.06. The van der Waals surface area contributed by atoms with Crippen molar-refractivity contribution < 1.29 is 4.74 Å². The van der Waals surface area contributed by atoms with Gasteiger partial charge < -0.3 is 15.0 Å². The molecule has 2 heterocycles. The predicted octanol–water partition coefficient (Wildman–Crippen LogP) is 3.88. The maximum absolute atomic E-state index is 6.15. The van der Waals surface area contributed by atoms with E-state index in [1.165, 1.54) is 4.88 Å². The zero-order valence-corrected chi connectivity index (χ0v) is 13.1. The van der Waals surface area contributed by atoms with E-state index in [1.54, 1.807) is 11.3 Å². The smallest absolute Gasteiger partial charge is 0.201 e. The molecule has 0 saturated carbocycles. The Hall–Kier alpha value is -2.01. The van der Waals surface area contributed by atoms with Crippen LogP contribution >= 0.6 is 11.3 Å². The highest BCUT2D eigenvalue weighted by Crippen LogP contribution is 2.31. The van der Waals surface area contributed by atoms with Crippen molar-refractivity contribution in [3.05, 3.63) is 40.6 Å². The molecule has 5 heteroatoms. The molecule has 0 saturated heterocycles. The molecule has 4 nitrogen and oxygen atoms in total. The third-order valence-electron chi connectivity index (χ3n) is 3.53. The number of nitrogens with two attached hydrogens (primary N) is 1. The molecule has 110 valence electrons. The van der Waals surface area contributed by atoms with Gasteiger partial charge in [-0.3, -0.25) is 0 Å². The second-order valence-electron chi connectivity index (χ2n) is 5.03. The lowest BCUT2D eigenvalue weighted by atomic mass is 10.2. The van der Waals surface area contributed by atoms with Crippen LogP contribution < -0.4 is 10.5 Å². The van der Waals surface area contributed by atoms with E-state index in [1.807, 2.05) is 25.1 Å². The first-order valence-electron chi connectivity index (χ1n) is 7.12. The topological polar surface area (TPSA) is 53.1 Å². The molecule has 3 rings (SSSR count). The zero-order chi connectivity index (χ0) is 14.8. The van der Waals surface area contributed by atoms with Gasteiger partial charge in [0.25, 0.3) is 0 Å². The maximum Gasteiger partial charge on any atom is 0.201 e. The van der Waals surface area contributed by atoms with E-state index in [4.69, 9.17) is 10.5 Å². The van der Waals surface area contributed by atoms with Crippen LogP contribution in [0.5, 0.6) is 5.75 Å². The van der Waals surface area contributed by atoms with Gasteiger partial charge in [0, 0.05) is 17.3 Å². The standard InChI is InChI=1S/C16H19N3OS/c1-3-20-14-8-4-7-13-15(14)18-16(17)19(13)11(2)10-12-6-5-9-21-12/h4-9,11H,3,10H2,1-2H3,(H2,17,18). The Morgan fingerprint density at radius 2 is 2.19 bits per heavy atom. The summed E-state index contributed by atoms with van der Waals surface area (Å²) in [5, 5.41) is 2.10. The summed E-state index contributed by atoms with van der Waals surface area (Å²) in [5.74, 6) is 1.34. The van der Waals surface area contributed by atoms with Gasteiger partial charge in [-0.15, -0.1) is 11.3 Å². The first-order valence-corrected chi connectivity index (χ1v) is 8.00. The van der Waals surface area contributed by atoms with Crippen LogP contribution in [0.1, 0.15) is 24.8 Å². The molecule has 21 heavy (non-hydrogen) atoms. The van der Waals surface area contributed by atoms with E-state index >= 15 is 0 Å². The van der Waals surface area contributed by atoms with Crippen LogP contribution in [0.3, 0.4) is 0 Å². The molecule has 1 aromatic carbocycles. The maximum atomic E-state index is 6.15. The lowest BCUT2D eigenvalue weighted by Crippen LogP contribution is -2.10. The van der Waals surface area contributed by atoms with E-state index in [0.29, 0.717) is 12.6 Å². The number of imidazole rings is 1. The largest absolute Gasteiger partial charge is 0.492 e. The van der Waals surface area contributed by atoms with Crippen LogP contribution in [0.25, 0.3) is 11.0 Å². The summed E-state index contributed by atoms with van der Waals surface area (Å²) in [7, 11) is 0. The number of anilines is 1. The molecule has 0 spiro atoms. The van der Waals surface area contributed by atoms with Gasteiger partial charge >= 0.3 is 0 Å². The average Bonchev–Trinajstić information content (AvgIpc) is 3.06. The molecule has 0 amide bonds. The lowest BCUT2D eigenvalue weighted by molar-refractivity contribution is 0.343. The van der Waals surface area contributed by atoms with Gasteiger partial charge in [0.2, 0.25) is 5.95 Å². The number of fused-ring (bicyclic) bond motifs is 1. The van der Waals surface area contributed by atoms with E-state index in [9.17, 15) is 0 Å². The summed E-state index contributed by atoms with van der Waals surface area (Å²) in [6.07, 6.45) is 0.951. The number of hydrogen-bond acceptors (Lipinski definition) is 4. The number of para-hydroxylation sites is 1. The first-order chi connectivity index (χ1) is 10.2. The highest BCUT2D eigenvalue weighted by molar-refractivity contribution is 7.09. The highest BCUT2D eigenvalue weighted by Gasteiger charge is 2.17. The number of aromatic nitrogens is 2. The van der Waals surface area contributed by atoms with Gasteiger partial charge in [-0.1, -0.05) is 12.1 Å². The number of ether oxygens (including phenoxy) is 1. The van der Waals surface area contributed by atoms with E-state index in [-0.39, 0.29) is 6.04 Å². The minimum absolute atomic E-state index is 0.255. The zero-order valence-electron chi connectivity index (χ0n) is 12.2. The van der Waals surface area contributed by atoms with E-state index in [2.05, 4.69) is 34.0 Å². The Morgan fingerprint density at radius 1 is 1.33 bits per heavy atom. The summed E-state index contributed by atoms with van der Waals surface area (Å²) in [4.78, 5) is 5.85. The molecule has 0 aliphatic heterocycles. The Labute approximate surface area is 128 Å². The van der Waals surface area contributed by atoms with E-state index < -0.39 is 0 Å². The fourth-order valence-corrected chi connectivity index (χ4v) is 3.48. The molecule has 0 fully saturated rings. The van der Waals surface area contributed by atoms with Crippen molar-refractivity contribution in [1.29, 1.82) is 0 Å². The van der Waals surface area contributed by atoms with Crippen LogP contribution in [0, 0.1) is 0 Å². The number of hydrogen-bond donors (Lipinski definition) is 1. The second kappa shape index (κ2) is 5.77. The summed E-state index contributed by atoms with van der Waals surface area (Å²) in [5.41, 5.74) is 8.02. The van der Waals surface area contributed by atoms with Crippen LogP contribution in [-0.2, 0) is 6.42 Å². The molecule has 0 aliphatic carbocycles. The molecule has 1 atom stereocenters. The van der Waals surface area contributed by atoms with Gasteiger partial charge in [-0.25, -0.2) is 4.98 Å². The van der Waals surface area contributed by atoms with Crippen molar-refractivity contribution in [3.8, 4) is 5.75 Å². The molecule has 0 aliphatic rings. The Bertz CT molecular complexity index is 733. The molecule has 2 N–H and O–H groups in total. The normalized spacial score (nSPS) is 12.7. The third-order valence-corrected chi connectivity index (χ3v) is 4.43. The average molecular weight is 301 g/mol. The van der Waals surface area contributed by atoms with Gasteiger partial charge in [0.05, 0.1) is 12.1 Å². The summed E-state index contributed by atoms with van der Waals surface area (Å²) >= 11 is 1.77. The van der Waals surface area contributed by atoms with Crippen molar-refractivity contribution in [1.82, 2.24) is 9.55 Å². The number of rotatable bonds is 5. The number of thiophene rings is 1. The summed E-state index contributed by atoms with van der Waals surface area (Å²) in [6, 6.07) is 10.5. The fraction of sp³-hybridized carbons (Fsp3) is 0.312. The molecule has 2 aromatic heterocycles. The van der Waals surface area contributed by atoms with Crippen LogP contribution in [0.15, 0.2) is 35.7 Å². The quantitative estimate of drug-likeness (QED) is 0.778. The van der Waals surface area contributed by atoms with Crippen molar-refractivity contribution in [2.45, 2.75) is 26.3 Å². The minimum atomic E-state index is 0.255. The third kappa shape index (κ3) is 2.61. The Morgan fingerprint density at radius 3 is 2.90 bits per heavy atom. The molecule has 0 bridgehead atoms. The van der Waals surface area contributed by atoms with Gasteiger partial charge in [0.1, 0.15) is 11.3 Å². The van der Waals surface area contributed by atoms with Gasteiger partial charge in [-0.2, -0.15) is 0 Å². The Kier molecular flexibility index (Phi) is 3.84. The Balaban J connectivity index is 2.01. The van der Waals surface area contributed by atoms with Crippen molar-refractivity contribution in [3.63, 3.8) is 0 Å². The monoisotopic (exact) mass is 301 g/mol. The van der Waals surface area contributed by atoms with E-state index in [0.717, 1.165) is 23.2 Å². The van der Waals surface area contributed by atoms with Gasteiger partial charge in [0.15, 0.2) is 0 Å². The number of nitrogens with zero attached hydrogens (tertiary/aromatic N) is 2. The number of benzene rings is 1. The SMILES string of the molecule is CCOc1cccc2c1nc(N)n2C(C)Cc1cccs1. The summed E-state index contributed by atoms with van der Waals surface area (Å²) < 4.78 is 7.74. The minimum Gasteiger partial charge on any atom is -0.492 e. The van der Waals surface area contributed by atoms with Crippen molar-refractivity contribution in [2.24, 2.45) is 0 Å². The van der Waals surface area contributed by atoms with Gasteiger partial charge in [-0.05, 0) is 37.4 Å². The lowest BCUT2D eigenvalue weighted by Gasteiger charge is -2.15. The molecule has 3 aromatic rings. The van der Waals surface area contributed by atoms with Crippen LogP contribution in [0.2, 0.25) is 0 Å². The highest BCUT2D eigenvalue weighted by atomic mass is 32.1. The fourth-order valence-electron chi connectivity index (χ4n) is 2.66. The van der Waals surface area contributed by atoms with Crippen molar-refractivity contribution in [2.75, 3.05) is 12.3 Å². The first kappa shape index (κ1) is 13.9. The molecule has 1 unspecified atom stereocenters. The molecular formula is C16H19N3OS. The number of nitrogen functional groups attached to an aromatic ring is 1. The molecule has 0 radical (unpaired) electrons.